The second-order valence-corrected chi connectivity index (χ2v) is 3.82. The van der Waals surface area contributed by atoms with Crippen LogP contribution in [0.2, 0.25) is 0 Å². The Labute approximate surface area is 81.9 Å². The lowest BCUT2D eigenvalue weighted by Crippen LogP contribution is -2.43. The van der Waals surface area contributed by atoms with Gasteiger partial charge in [0, 0.05) is 12.3 Å². The predicted molar refractivity (Wildman–Crippen MR) is 48.7 cm³/mol. The van der Waals surface area contributed by atoms with Crippen molar-refractivity contribution in [1.29, 1.82) is 0 Å². The van der Waals surface area contributed by atoms with Gasteiger partial charge in [0.2, 0.25) is 0 Å². The third kappa shape index (κ3) is 1.76. The lowest BCUT2D eigenvalue weighted by atomic mass is 9.89. The number of ketones is 1. The van der Waals surface area contributed by atoms with Crippen LogP contribution < -0.4 is 0 Å². The fourth-order valence-electron chi connectivity index (χ4n) is 1.61. The van der Waals surface area contributed by atoms with Crippen molar-refractivity contribution in [1.82, 2.24) is 0 Å². The van der Waals surface area contributed by atoms with Crippen LogP contribution in [0.3, 0.4) is 0 Å². The minimum atomic E-state index is -1.18. The molecule has 12 heavy (non-hydrogen) atoms. The van der Waals surface area contributed by atoms with Gasteiger partial charge in [0.15, 0.2) is 0 Å². The van der Waals surface area contributed by atoms with E-state index in [4.69, 9.17) is 23.2 Å². The van der Waals surface area contributed by atoms with Crippen LogP contribution in [0.1, 0.15) is 19.3 Å². The molecule has 0 bridgehead atoms. The second kappa shape index (κ2) is 3.95. The molecule has 0 aromatic carbocycles. The highest BCUT2D eigenvalue weighted by atomic mass is 35.5. The van der Waals surface area contributed by atoms with Crippen molar-refractivity contribution in [2.45, 2.75) is 24.9 Å². The normalized spacial score (nSPS) is 24.9. The van der Waals surface area contributed by atoms with E-state index in [0.717, 1.165) is 12.8 Å². The molecule has 1 aliphatic carbocycles. The average molecular weight is 211 g/mol. The summed E-state index contributed by atoms with van der Waals surface area (Å²) >= 11 is 11.1. The molecular formula is C8H12Cl2O2. The summed E-state index contributed by atoms with van der Waals surface area (Å²) in [4.78, 5) is 11.3. The van der Waals surface area contributed by atoms with Crippen molar-refractivity contribution < 1.29 is 9.90 Å². The molecule has 1 aliphatic rings. The molecule has 1 atom stereocenters. The van der Waals surface area contributed by atoms with Crippen molar-refractivity contribution in [3.8, 4) is 0 Å². The number of halogens is 2. The maximum atomic E-state index is 11.3. The fourth-order valence-corrected chi connectivity index (χ4v) is 2.26. The molecular weight excluding hydrogens is 199 g/mol. The molecule has 0 saturated heterocycles. The molecule has 0 spiro atoms. The van der Waals surface area contributed by atoms with E-state index in [9.17, 15) is 9.90 Å². The molecule has 0 aromatic heterocycles. The van der Waals surface area contributed by atoms with Gasteiger partial charge in [-0.1, -0.05) is 0 Å². The summed E-state index contributed by atoms with van der Waals surface area (Å²) in [5.41, 5.74) is -1.18. The van der Waals surface area contributed by atoms with Crippen LogP contribution in [-0.2, 0) is 4.79 Å². The first-order valence-corrected chi connectivity index (χ1v) is 5.08. The predicted octanol–water partition coefficient (Wildman–Crippen LogP) is 1.56. The first kappa shape index (κ1) is 10.3. The smallest absolute Gasteiger partial charge is 0.138 e. The molecule has 1 N–H and O–H groups in total. The third-order valence-electron chi connectivity index (χ3n) is 2.42. The van der Waals surface area contributed by atoms with Gasteiger partial charge in [0.25, 0.3) is 0 Å². The summed E-state index contributed by atoms with van der Waals surface area (Å²) in [6.07, 6.45) is 2.12. The van der Waals surface area contributed by atoms with Gasteiger partial charge in [0.05, 0.1) is 11.8 Å². The second-order valence-electron chi connectivity index (χ2n) is 3.28. The van der Waals surface area contributed by atoms with Gasteiger partial charge in [-0.05, 0) is 12.8 Å². The SMILES string of the molecule is O=C1CCCC1C(O)(CCl)CCl. The van der Waals surface area contributed by atoms with Gasteiger partial charge in [-0.2, -0.15) is 0 Å². The van der Waals surface area contributed by atoms with Gasteiger partial charge in [-0.3, -0.25) is 4.79 Å². The molecule has 70 valence electrons. The quantitative estimate of drug-likeness (QED) is 0.719. The number of alkyl halides is 2. The molecule has 1 fully saturated rings. The standard InChI is InChI=1S/C8H12Cl2O2/c9-4-8(12,5-10)6-2-1-3-7(6)11/h6,12H,1-5H2. The van der Waals surface area contributed by atoms with Crippen LogP contribution in [0.4, 0.5) is 0 Å². The van der Waals surface area contributed by atoms with Gasteiger partial charge < -0.3 is 5.11 Å². The summed E-state index contributed by atoms with van der Waals surface area (Å²) < 4.78 is 0. The molecule has 0 aliphatic heterocycles. The first-order chi connectivity index (χ1) is 5.64. The lowest BCUT2D eigenvalue weighted by Gasteiger charge is -2.28. The highest BCUT2D eigenvalue weighted by molar-refractivity contribution is 6.22. The summed E-state index contributed by atoms with van der Waals surface area (Å²) in [5, 5.41) is 9.81. The van der Waals surface area contributed by atoms with E-state index in [2.05, 4.69) is 0 Å². The maximum Gasteiger partial charge on any atom is 0.138 e. The van der Waals surface area contributed by atoms with Crippen molar-refractivity contribution in [3.05, 3.63) is 0 Å². The van der Waals surface area contributed by atoms with E-state index in [0.29, 0.717) is 6.42 Å². The van der Waals surface area contributed by atoms with E-state index < -0.39 is 5.60 Å². The number of carbonyl (C=O) groups excluding carboxylic acids is 1. The van der Waals surface area contributed by atoms with E-state index in [-0.39, 0.29) is 23.5 Å². The van der Waals surface area contributed by atoms with E-state index in [1.807, 2.05) is 0 Å². The number of carbonyl (C=O) groups is 1. The number of hydrogen-bond donors (Lipinski definition) is 1. The van der Waals surface area contributed by atoms with Crippen LogP contribution in [-0.4, -0.2) is 28.3 Å². The summed E-state index contributed by atoms with van der Waals surface area (Å²) in [7, 11) is 0. The zero-order valence-corrected chi connectivity index (χ0v) is 8.24. The van der Waals surface area contributed by atoms with E-state index >= 15 is 0 Å². The molecule has 1 rings (SSSR count). The maximum absolute atomic E-state index is 11.3. The fraction of sp³-hybridized carbons (Fsp3) is 0.875. The minimum absolute atomic E-state index is 0.0346. The third-order valence-corrected chi connectivity index (χ3v) is 3.34. The number of hydrogen-bond acceptors (Lipinski definition) is 2. The molecule has 1 unspecified atom stereocenters. The molecule has 0 aromatic rings. The Hall–Kier alpha value is 0.210. The topological polar surface area (TPSA) is 37.3 Å². The molecule has 1 saturated carbocycles. The van der Waals surface area contributed by atoms with E-state index in [1.54, 1.807) is 0 Å². The van der Waals surface area contributed by atoms with Crippen LogP contribution >= 0.6 is 23.2 Å². The van der Waals surface area contributed by atoms with Crippen LogP contribution in [0.5, 0.6) is 0 Å². The average Bonchev–Trinajstić information content (AvgIpc) is 2.51. The Morgan fingerprint density at radius 2 is 2.08 bits per heavy atom. The van der Waals surface area contributed by atoms with Crippen LogP contribution in [0.15, 0.2) is 0 Å². The highest BCUT2D eigenvalue weighted by Gasteiger charge is 2.42. The van der Waals surface area contributed by atoms with Crippen molar-refractivity contribution in [2.24, 2.45) is 5.92 Å². The van der Waals surface area contributed by atoms with E-state index in [1.165, 1.54) is 0 Å². The summed E-state index contributed by atoms with van der Waals surface area (Å²) in [5.74, 6) is -0.175. The Morgan fingerprint density at radius 1 is 1.50 bits per heavy atom. The zero-order valence-electron chi connectivity index (χ0n) is 6.72. The highest BCUT2D eigenvalue weighted by Crippen LogP contribution is 2.32. The Morgan fingerprint density at radius 3 is 2.42 bits per heavy atom. The summed E-state index contributed by atoms with van der Waals surface area (Å²) in [6, 6.07) is 0. The molecule has 0 amide bonds. The number of aliphatic hydroxyl groups is 1. The van der Waals surface area contributed by atoms with Crippen LogP contribution in [0.25, 0.3) is 0 Å². The van der Waals surface area contributed by atoms with Gasteiger partial charge in [-0.25, -0.2) is 0 Å². The van der Waals surface area contributed by atoms with Gasteiger partial charge in [0.1, 0.15) is 11.4 Å². The Kier molecular flexibility index (Phi) is 3.38. The zero-order chi connectivity index (χ0) is 9.19. The molecule has 4 heteroatoms. The lowest BCUT2D eigenvalue weighted by molar-refractivity contribution is -0.126. The van der Waals surface area contributed by atoms with Crippen molar-refractivity contribution in [3.63, 3.8) is 0 Å². The van der Waals surface area contributed by atoms with Gasteiger partial charge >= 0.3 is 0 Å². The summed E-state index contributed by atoms with van der Waals surface area (Å²) in [6.45, 7) is 0. The Balaban J connectivity index is 2.71. The largest absolute Gasteiger partial charge is 0.387 e. The Bertz CT molecular complexity index is 178. The monoisotopic (exact) mass is 210 g/mol. The molecule has 0 radical (unpaired) electrons. The molecule has 2 nitrogen and oxygen atoms in total. The number of rotatable bonds is 3. The number of Topliss-reactive ketones (excluding diaryl/α,β-unsaturated/α-hetero) is 1. The van der Waals surface area contributed by atoms with Crippen LogP contribution in [0, 0.1) is 5.92 Å². The van der Waals surface area contributed by atoms with Crippen molar-refractivity contribution >= 4 is 29.0 Å². The molecule has 0 heterocycles. The van der Waals surface area contributed by atoms with Gasteiger partial charge in [-0.15, -0.1) is 23.2 Å². The first-order valence-electron chi connectivity index (χ1n) is 4.01. The minimum Gasteiger partial charge on any atom is -0.387 e. The van der Waals surface area contributed by atoms with Crippen molar-refractivity contribution in [2.75, 3.05) is 11.8 Å².